The van der Waals surface area contributed by atoms with Gasteiger partial charge in [0.05, 0.1) is 5.56 Å². The van der Waals surface area contributed by atoms with Gasteiger partial charge in [0.1, 0.15) is 5.75 Å². The highest BCUT2D eigenvalue weighted by Crippen LogP contribution is 2.39. The largest absolute Gasteiger partial charge is 0.429 e. The van der Waals surface area contributed by atoms with Gasteiger partial charge in [-0.15, -0.1) is 0 Å². The molecule has 0 heterocycles. The second-order valence-electron chi connectivity index (χ2n) is 9.92. The Morgan fingerprint density at radius 2 is 1.31 bits per heavy atom. The van der Waals surface area contributed by atoms with Crippen molar-refractivity contribution in [3.63, 3.8) is 0 Å². The van der Waals surface area contributed by atoms with Crippen molar-refractivity contribution in [1.29, 1.82) is 0 Å². The molecule has 2 aromatic rings. The fraction of sp³-hybridized carbons (Fsp3) is 0.586. The molecule has 1 aliphatic carbocycles. The lowest BCUT2D eigenvalue weighted by Gasteiger charge is -2.29. The van der Waals surface area contributed by atoms with Crippen molar-refractivity contribution in [3.05, 3.63) is 65.0 Å². The molecule has 194 valence electrons. The zero-order valence-electron chi connectivity index (χ0n) is 20.6. The van der Waals surface area contributed by atoms with E-state index in [0.29, 0.717) is 5.92 Å². The second-order valence-corrected chi connectivity index (χ2v) is 9.92. The Morgan fingerprint density at radius 3 is 1.89 bits per heavy atom. The minimum absolute atomic E-state index is 0.118. The van der Waals surface area contributed by atoms with Crippen molar-refractivity contribution < 1.29 is 26.7 Å². The van der Waals surface area contributed by atoms with Gasteiger partial charge in [0.25, 0.3) is 0 Å². The van der Waals surface area contributed by atoms with E-state index >= 15 is 0 Å². The van der Waals surface area contributed by atoms with Crippen molar-refractivity contribution >= 4 is 0 Å². The molecule has 2 aromatic carbocycles. The number of unbranched alkanes of at least 4 members (excludes halogenated alkanes) is 7. The summed E-state index contributed by atoms with van der Waals surface area (Å²) >= 11 is 0. The zero-order chi connectivity index (χ0) is 25.3. The van der Waals surface area contributed by atoms with Crippen LogP contribution in [0.2, 0.25) is 0 Å². The fourth-order valence-corrected chi connectivity index (χ4v) is 5.09. The molecule has 0 amide bonds. The fourth-order valence-electron chi connectivity index (χ4n) is 5.09. The molecule has 3 rings (SSSR count). The van der Waals surface area contributed by atoms with E-state index in [2.05, 4.69) is 6.92 Å². The second kappa shape index (κ2) is 13.3. The van der Waals surface area contributed by atoms with Crippen LogP contribution in [0.15, 0.2) is 36.4 Å². The molecular weight excluding hydrogens is 459 g/mol. The standard InChI is InChI=1S/C29H37F5O/c1-2-3-4-5-6-7-8-9-10-21-11-13-22(14-12-21)23-15-17-25(18-16-23)35-29(33,34)24-19-26(30)28(32)27(31)20-24/h15-22H,2-14H2,1H3. The Morgan fingerprint density at radius 1 is 0.771 bits per heavy atom. The van der Waals surface area contributed by atoms with Gasteiger partial charge in [0, 0.05) is 0 Å². The molecule has 0 radical (unpaired) electrons. The predicted octanol–water partition coefficient (Wildman–Crippen LogP) is 10.0. The first-order valence-corrected chi connectivity index (χ1v) is 13.1. The molecular formula is C29H37F5O. The average Bonchev–Trinajstić information content (AvgIpc) is 2.84. The topological polar surface area (TPSA) is 9.23 Å². The number of ether oxygens (including phenoxy) is 1. The Hall–Kier alpha value is -2.11. The van der Waals surface area contributed by atoms with Gasteiger partial charge in [-0.25, -0.2) is 13.2 Å². The van der Waals surface area contributed by atoms with Gasteiger partial charge in [-0.2, -0.15) is 8.78 Å². The van der Waals surface area contributed by atoms with E-state index in [1.807, 2.05) is 0 Å². The quantitative estimate of drug-likeness (QED) is 0.152. The average molecular weight is 497 g/mol. The molecule has 0 bridgehead atoms. The Labute approximate surface area is 206 Å². The highest BCUT2D eigenvalue weighted by Gasteiger charge is 2.36. The Balaban J connectivity index is 1.42. The van der Waals surface area contributed by atoms with E-state index < -0.39 is 29.1 Å². The molecule has 0 spiro atoms. The third kappa shape index (κ3) is 8.22. The molecule has 1 aliphatic rings. The van der Waals surface area contributed by atoms with Gasteiger partial charge < -0.3 is 4.74 Å². The van der Waals surface area contributed by atoms with Crippen molar-refractivity contribution in [3.8, 4) is 5.75 Å². The summed E-state index contributed by atoms with van der Waals surface area (Å²) in [5, 5.41) is 0. The van der Waals surface area contributed by atoms with E-state index in [4.69, 9.17) is 4.74 Å². The molecule has 0 saturated heterocycles. The van der Waals surface area contributed by atoms with Crippen LogP contribution in [0.25, 0.3) is 0 Å². The lowest BCUT2D eigenvalue weighted by molar-refractivity contribution is -0.185. The van der Waals surface area contributed by atoms with Gasteiger partial charge >= 0.3 is 6.11 Å². The van der Waals surface area contributed by atoms with Crippen LogP contribution < -0.4 is 4.74 Å². The summed E-state index contributed by atoms with van der Waals surface area (Å²) in [5.74, 6) is -4.09. The van der Waals surface area contributed by atoms with E-state index in [9.17, 15) is 22.0 Å². The van der Waals surface area contributed by atoms with E-state index in [1.165, 1.54) is 82.8 Å². The number of halogens is 5. The third-order valence-corrected chi connectivity index (χ3v) is 7.23. The molecule has 0 atom stereocenters. The van der Waals surface area contributed by atoms with Crippen molar-refractivity contribution in [2.45, 2.75) is 102 Å². The first-order valence-electron chi connectivity index (χ1n) is 13.1. The lowest BCUT2D eigenvalue weighted by Crippen LogP contribution is -2.22. The van der Waals surface area contributed by atoms with Gasteiger partial charge in [0.15, 0.2) is 17.5 Å². The van der Waals surface area contributed by atoms with Crippen LogP contribution in [-0.4, -0.2) is 0 Å². The molecule has 6 heteroatoms. The normalized spacial score (nSPS) is 18.6. The maximum Gasteiger partial charge on any atom is 0.426 e. The first kappa shape index (κ1) is 27.5. The molecule has 0 aromatic heterocycles. The van der Waals surface area contributed by atoms with Crippen LogP contribution >= 0.6 is 0 Å². The lowest BCUT2D eigenvalue weighted by atomic mass is 9.77. The summed E-state index contributed by atoms with van der Waals surface area (Å²) in [6.07, 6.45) is 12.6. The minimum atomic E-state index is -4.00. The van der Waals surface area contributed by atoms with E-state index in [0.717, 1.165) is 24.3 Å². The van der Waals surface area contributed by atoms with Gasteiger partial charge in [-0.1, -0.05) is 76.8 Å². The highest BCUT2D eigenvalue weighted by atomic mass is 19.3. The molecule has 1 fully saturated rings. The summed E-state index contributed by atoms with van der Waals surface area (Å²) in [7, 11) is 0. The van der Waals surface area contributed by atoms with Crippen LogP contribution in [0, 0.1) is 23.4 Å². The Bertz CT molecular complexity index is 881. The number of alkyl halides is 2. The van der Waals surface area contributed by atoms with Gasteiger partial charge in [-0.3, -0.25) is 0 Å². The molecule has 0 N–H and O–H groups in total. The third-order valence-electron chi connectivity index (χ3n) is 7.23. The monoisotopic (exact) mass is 496 g/mol. The van der Waals surface area contributed by atoms with Crippen molar-refractivity contribution in [2.75, 3.05) is 0 Å². The number of benzene rings is 2. The highest BCUT2D eigenvalue weighted by molar-refractivity contribution is 5.31. The summed E-state index contributed by atoms with van der Waals surface area (Å²) in [5.41, 5.74) is 0.0119. The zero-order valence-corrected chi connectivity index (χ0v) is 20.6. The molecule has 1 nitrogen and oxygen atoms in total. The first-order chi connectivity index (χ1) is 16.8. The van der Waals surface area contributed by atoms with Crippen LogP contribution in [-0.2, 0) is 6.11 Å². The van der Waals surface area contributed by atoms with Gasteiger partial charge in [-0.05, 0) is 67.3 Å². The minimum Gasteiger partial charge on any atom is -0.429 e. The molecule has 0 unspecified atom stereocenters. The smallest absolute Gasteiger partial charge is 0.426 e. The summed E-state index contributed by atoms with van der Waals surface area (Å²) in [6, 6.07) is 6.96. The van der Waals surface area contributed by atoms with Crippen LogP contribution in [0.1, 0.15) is 107 Å². The maximum atomic E-state index is 14.4. The van der Waals surface area contributed by atoms with Crippen molar-refractivity contribution in [1.82, 2.24) is 0 Å². The number of rotatable bonds is 13. The summed E-state index contributed by atoms with van der Waals surface area (Å²) in [4.78, 5) is 0. The van der Waals surface area contributed by atoms with Crippen LogP contribution in [0.5, 0.6) is 5.75 Å². The summed E-state index contributed by atoms with van der Waals surface area (Å²) in [6.45, 7) is 2.24. The Kier molecular flexibility index (Phi) is 10.4. The van der Waals surface area contributed by atoms with Crippen molar-refractivity contribution in [2.24, 2.45) is 5.92 Å². The van der Waals surface area contributed by atoms with Crippen LogP contribution in [0.4, 0.5) is 22.0 Å². The maximum absolute atomic E-state index is 14.4. The predicted molar refractivity (Wildman–Crippen MR) is 129 cm³/mol. The molecule has 35 heavy (non-hydrogen) atoms. The van der Waals surface area contributed by atoms with E-state index in [1.54, 1.807) is 12.1 Å². The van der Waals surface area contributed by atoms with Gasteiger partial charge in [0.2, 0.25) is 0 Å². The summed E-state index contributed by atoms with van der Waals surface area (Å²) < 4.78 is 73.2. The van der Waals surface area contributed by atoms with E-state index in [-0.39, 0.29) is 17.9 Å². The molecule has 0 aliphatic heterocycles. The number of hydrogen-bond acceptors (Lipinski definition) is 1. The molecule has 1 saturated carbocycles. The number of hydrogen-bond donors (Lipinski definition) is 0. The SMILES string of the molecule is CCCCCCCCCCC1CCC(c2ccc(OC(F)(F)c3cc(F)c(F)c(F)c3)cc2)CC1. The van der Waals surface area contributed by atoms with Crippen LogP contribution in [0.3, 0.4) is 0 Å².